The smallest absolute Gasteiger partial charge is 0.309 e. The Hall–Kier alpha value is -0.570. The highest BCUT2D eigenvalue weighted by Gasteiger charge is 2.23. The van der Waals surface area contributed by atoms with Gasteiger partial charge in [0.15, 0.2) is 0 Å². The minimum Gasteiger partial charge on any atom is -0.462 e. The fraction of sp³-hybridized carbons (Fsp3) is 0.963. The van der Waals surface area contributed by atoms with Gasteiger partial charge < -0.3 is 9.84 Å². The van der Waals surface area contributed by atoms with Crippen LogP contribution in [0.5, 0.6) is 0 Å². The van der Waals surface area contributed by atoms with E-state index in [2.05, 4.69) is 20.8 Å². The van der Waals surface area contributed by atoms with E-state index in [0.29, 0.717) is 6.42 Å². The quantitative estimate of drug-likeness (QED) is 0.132. The molecule has 0 saturated carbocycles. The summed E-state index contributed by atoms with van der Waals surface area (Å²) >= 11 is 0. The third-order valence-corrected chi connectivity index (χ3v) is 6.26. The van der Waals surface area contributed by atoms with Gasteiger partial charge in [-0.2, -0.15) is 0 Å². The van der Waals surface area contributed by atoms with E-state index in [0.717, 1.165) is 38.5 Å². The lowest BCUT2D eigenvalue weighted by molar-refractivity contribution is -0.155. The molecule has 2 atom stereocenters. The molecule has 0 aromatic carbocycles. The predicted molar refractivity (Wildman–Crippen MR) is 130 cm³/mol. The van der Waals surface area contributed by atoms with E-state index >= 15 is 0 Å². The molecule has 180 valence electrons. The number of rotatable bonds is 23. The van der Waals surface area contributed by atoms with E-state index in [1.54, 1.807) is 0 Å². The SMILES string of the molecule is CCCCCCCCC(CCO)OC(=O)C(CCCCCC)CCCCCCCC. The molecule has 0 aliphatic rings. The van der Waals surface area contributed by atoms with Crippen LogP contribution >= 0.6 is 0 Å². The highest BCUT2D eigenvalue weighted by molar-refractivity contribution is 5.72. The molecule has 1 N–H and O–H groups in total. The van der Waals surface area contributed by atoms with E-state index in [1.165, 1.54) is 83.5 Å². The molecular formula is C27H54O3. The van der Waals surface area contributed by atoms with Gasteiger partial charge in [0, 0.05) is 13.0 Å². The molecule has 0 aliphatic carbocycles. The van der Waals surface area contributed by atoms with Gasteiger partial charge in [0.05, 0.1) is 5.92 Å². The van der Waals surface area contributed by atoms with Crippen LogP contribution in [0.2, 0.25) is 0 Å². The van der Waals surface area contributed by atoms with Gasteiger partial charge >= 0.3 is 5.97 Å². The number of carbonyl (C=O) groups excluding carboxylic acids is 1. The van der Waals surface area contributed by atoms with Crippen molar-refractivity contribution in [3.63, 3.8) is 0 Å². The van der Waals surface area contributed by atoms with Crippen molar-refractivity contribution >= 4 is 5.97 Å². The zero-order chi connectivity index (χ0) is 22.3. The number of hydrogen-bond donors (Lipinski definition) is 1. The van der Waals surface area contributed by atoms with Crippen LogP contribution in [0.1, 0.15) is 149 Å². The van der Waals surface area contributed by atoms with Crippen LogP contribution in [0.3, 0.4) is 0 Å². The molecule has 3 heteroatoms. The summed E-state index contributed by atoms with van der Waals surface area (Å²) < 4.78 is 5.93. The number of aliphatic hydroxyl groups is 1. The Bertz CT molecular complexity index is 356. The first-order chi connectivity index (χ1) is 14.7. The maximum Gasteiger partial charge on any atom is 0.309 e. The number of aliphatic hydroxyl groups excluding tert-OH is 1. The average Bonchev–Trinajstić information content (AvgIpc) is 2.74. The summed E-state index contributed by atoms with van der Waals surface area (Å²) in [6, 6.07) is 0. The minimum atomic E-state index is -0.101. The highest BCUT2D eigenvalue weighted by Crippen LogP contribution is 2.22. The zero-order valence-corrected chi connectivity index (χ0v) is 20.8. The molecule has 0 saturated heterocycles. The van der Waals surface area contributed by atoms with E-state index in [9.17, 15) is 9.90 Å². The monoisotopic (exact) mass is 426 g/mol. The van der Waals surface area contributed by atoms with Crippen molar-refractivity contribution in [2.75, 3.05) is 6.61 Å². The second kappa shape index (κ2) is 23.1. The lowest BCUT2D eigenvalue weighted by atomic mass is 9.94. The zero-order valence-electron chi connectivity index (χ0n) is 20.8. The molecule has 0 spiro atoms. The normalized spacial score (nSPS) is 13.3. The first kappa shape index (κ1) is 29.4. The van der Waals surface area contributed by atoms with Gasteiger partial charge in [-0.3, -0.25) is 4.79 Å². The fourth-order valence-electron chi connectivity index (χ4n) is 4.19. The van der Waals surface area contributed by atoms with Gasteiger partial charge in [0.25, 0.3) is 0 Å². The van der Waals surface area contributed by atoms with Crippen LogP contribution < -0.4 is 0 Å². The third-order valence-electron chi connectivity index (χ3n) is 6.26. The largest absolute Gasteiger partial charge is 0.462 e. The standard InChI is InChI=1S/C27H54O3/c1-4-7-10-13-15-18-21-25(20-17-12-9-6-3)27(29)30-26(23-24-28)22-19-16-14-11-8-5-2/h25-26,28H,4-24H2,1-3H3. The number of hydrogen-bond acceptors (Lipinski definition) is 3. The summed E-state index contributed by atoms with van der Waals surface area (Å²) in [5, 5.41) is 9.41. The van der Waals surface area contributed by atoms with Crippen molar-refractivity contribution in [3.05, 3.63) is 0 Å². The molecule has 2 unspecified atom stereocenters. The van der Waals surface area contributed by atoms with Crippen molar-refractivity contribution < 1.29 is 14.6 Å². The number of unbranched alkanes of at least 4 members (excludes halogenated alkanes) is 13. The fourth-order valence-corrected chi connectivity index (χ4v) is 4.19. The lowest BCUT2D eigenvalue weighted by Gasteiger charge is -2.22. The van der Waals surface area contributed by atoms with Gasteiger partial charge in [-0.15, -0.1) is 0 Å². The molecule has 0 aliphatic heterocycles. The summed E-state index contributed by atoms with van der Waals surface area (Å²) in [7, 11) is 0. The molecule has 3 nitrogen and oxygen atoms in total. The molecule has 0 rings (SSSR count). The van der Waals surface area contributed by atoms with E-state index in [-0.39, 0.29) is 24.6 Å². The Labute approximate surface area is 188 Å². The molecule has 0 radical (unpaired) electrons. The van der Waals surface area contributed by atoms with Crippen LogP contribution in [0, 0.1) is 5.92 Å². The van der Waals surface area contributed by atoms with Crippen molar-refractivity contribution in [2.24, 2.45) is 5.92 Å². The lowest BCUT2D eigenvalue weighted by Crippen LogP contribution is -2.25. The van der Waals surface area contributed by atoms with Gasteiger partial charge in [0.2, 0.25) is 0 Å². The van der Waals surface area contributed by atoms with Gasteiger partial charge in [-0.1, -0.05) is 117 Å². The van der Waals surface area contributed by atoms with Crippen molar-refractivity contribution in [2.45, 2.75) is 155 Å². The van der Waals surface area contributed by atoms with E-state index < -0.39 is 0 Å². The Kier molecular flexibility index (Phi) is 22.7. The second-order valence-corrected chi connectivity index (χ2v) is 9.23. The number of esters is 1. The molecule has 0 bridgehead atoms. The Morgan fingerprint density at radius 2 is 1.00 bits per heavy atom. The molecule has 30 heavy (non-hydrogen) atoms. The van der Waals surface area contributed by atoms with Crippen molar-refractivity contribution in [1.82, 2.24) is 0 Å². The highest BCUT2D eigenvalue weighted by atomic mass is 16.5. The summed E-state index contributed by atoms with van der Waals surface area (Å²) in [4.78, 5) is 12.9. The second-order valence-electron chi connectivity index (χ2n) is 9.23. The van der Waals surface area contributed by atoms with Crippen LogP contribution in [-0.4, -0.2) is 23.8 Å². The number of ether oxygens (including phenoxy) is 1. The maximum absolute atomic E-state index is 12.9. The van der Waals surface area contributed by atoms with Crippen LogP contribution in [0.25, 0.3) is 0 Å². The summed E-state index contributed by atoms with van der Waals surface area (Å²) in [6.45, 7) is 6.81. The van der Waals surface area contributed by atoms with Gasteiger partial charge in [-0.25, -0.2) is 0 Å². The van der Waals surface area contributed by atoms with Crippen LogP contribution in [-0.2, 0) is 9.53 Å². The Morgan fingerprint density at radius 3 is 1.47 bits per heavy atom. The summed E-state index contributed by atoms with van der Waals surface area (Å²) in [5.41, 5.74) is 0. The average molecular weight is 427 g/mol. The predicted octanol–water partition coefficient (Wildman–Crippen LogP) is 8.37. The summed E-state index contributed by atoms with van der Waals surface area (Å²) in [6.07, 6.45) is 23.2. The van der Waals surface area contributed by atoms with Crippen molar-refractivity contribution in [1.29, 1.82) is 0 Å². The van der Waals surface area contributed by atoms with Gasteiger partial charge in [-0.05, 0) is 25.7 Å². The Morgan fingerprint density at radius 1 is 0.600 bits per heavy atom. The van der Waals surface area contributed by atoms with Crippen molar-refractivity contribution in [3.8, 4) is 0 Å². The topological polar surface area (TPSA) is 46.5 Å². The third kappa shape index (κ3) is 18.2. The molecule has 0 amide bonds. The molecule has 0 fully saturated rings. The van der Waals surface area contributed by atoms with Crippen LogP contribution in [0.15, 0.2) is 0 Å². The van der Waals surface area contributed by atoms with E-state index in [4.69, 9.17) is 4.74 Å². The summed E-state index contributed by atoms with van der Waals surface area (Å²) in [5.74, 6) is 0.0586. The van der Waals surface area contributed by atoms with E-state index in [1.807, 2.05) is 0 Å². The minimum absolute atomic E-state index is 0.00416. The first-order valence-electron chi connectivity index (χ1n) is 13.5. The molecular weight excluding hydrogens is 372 g/mol. The maximum atomic E-state index is 12.9. The van der Waals surface area contributed by atoms with Crippen LogP contribution in [0.4, 0.5) is 0 Å². The molecule has 0 aromatic rings. The molecule has 0 aromatic heterocycles. The number of carbonyl (C=O) groups is 1. The molecule has 0 heterocycles. The van der Waals surface area contributed by atoms with Gasteiger partial charge in [0.1, 0.15) is 6.10 Å². The first-order valence-corrected chi connectivity index (χ1v) is 13.5. The Balaban J connectivity index is 4.42.